The Hall–Kier alpha value is 0.340. The van der Waals surface area contributed by atoms with E-state index >= 15 is 0 Å². The van der Waals surface area contributed by atoms with E-state index in [4.69, 9.17) is 0 Å². The van der Waals surface area contributed by atoms with Crippen molar-refractivity contribution >= 4 is 5.91 Å². The van der Waals surface area contributed by atoms with Crippen LogP contribution < -0.4 is 0 Å². The van der Waals surface area contributed by atoms with Crippen LogP contribution in [0, 0.1) is 5.41 Å². The summed E-state index contributed by atoms with van der Waals surface area (Å²) in [7, 11) is 1.52. The summed E-state index contributed by atoms with van der Waals surface area (Å²) >= 11 is 0. The topological polar surface area (TPSA) is 31.2 Å². The van der Waals surface area contributed by atoms with E-state index < -0.39 is 0 Å². The summed E-state index contributed by atoms with van der Waals surface area (Å²) in [6.07, 6.45) is 0. The fraction of sp³-hybridized carbons (Fsp3) is 0.833. The maximum atomic E-state index is 10.7. The molecule has 0 aliphatic carbocycles. The van der Waals surface area contributed by atoms with Crippen LogP contribution in [-0.4, -0.2) is 13.0 Å². The molecular formula is C6H12HfNO-. The van der Waals surface area contributed by atoms with Crippen molar-refractivity contribution in [2.24, 2.45) is 5.41 Å². The SMILES string of the molecule is C[N-]C(=O)C(C)(C)C.[Hf]. The Balaban J connectivity index is 0. The third-order valence-corrected chi connectivity index (χ3v) is 0.845. The number of carbonyl (C=O) groups is 1. The van der Waals surface area contributed by atoms with Crippen molar-refractivity contribution in [1.29, 1.82) is 0 Å². The first-order chi connectivity index (χ1) is 3.48. The second-order valence-electron chi connectivity index (χ2n) is 2.78. The minimum atomic E-state index is -0.297. The van der Waals surface area contributed by atoms with E-state index in [9.17, 15) is 4.79 Å². The molecule has 0 aliphatic rings. The fourth-order valence-corrected chi connectivity index (χ4v) is 0.335. The number of rotatable bonds is 0. The summed E-state index contributed by atoms with van der Waals surface area (Å²) in [6, 6.07) is 0. The third kappa shape index (κ3) is 4.82. The number of hydrogen-bond donors (Lipinski definition) is 0. The first-order valence-electron chi connectivity index (χ1n) is 2.62. The molecule has 0 unspecified atom stereocenters. The number of amides is 1. The second kappa shape index (κ2) is 4.20. The van der Waals surface area contributed by atoms with Gasteiger partial charge in [0, 0.05) is 31.3 Å². The Morgan fingerprint density at radius 2 is 1.67 bits per heavy atom. The molecule has 52 valence electrons. The number of nitrogens with zero attached hydrogens (tertiary/aromatic N) is 1. The van der Waals surface area contributed by atoms with E-state index in [2.05, 4.69) is 5.32 Å². The Morgan fingerprint density at radius 3 is 1.67 bits per heavy atom. The summed E-state index contributed by atoms with van der Waals surface area (Å²) in [5.41, 5.74) is -0.297. The predicted octanol–water partition coefficient (Wildman–Crippen LogP) is 1.56. The van der Waals surface area contributed by atoms with E-state index in [0.29, 0.717) is 0 Å². The molecule has 3 heteroatoms. The van der Waals surface area contributed by atoms with E-state index in [1.54, 1.807) is 0 Å². The molecule has 0 rings (SSSR count). The third-order valence-electron chi connectivity index (χ3n) is 0.845. The van der Waals surface area contributed by atoms with Crippen molar-refractivity contribution in [3.63, 3.8) is 0 Å². The Bertz CT molecular complexity index is 95.7. The summed E-state index contributed by atoms with van der Waals surface area (Å²) in [5, 5.41) is 3.52. The van der Waals surface area contributed by atoms with Gasteiger partial charge in [0.25, 0.3) is 0 Å². The van der Waals surface area contributed by atoms with E-state index in [1.807, 2.05) is 20.8 Å². The molecule has 0 fully saturated rings. The zero-order valence-corrected chi connectivity index (χ0v) is 9.95. The van der Waals surface area contributed by atoms with Crippen LogP contribution in [0.1, 0.15) is 20.8 Å². The van der Waals surface area contributed by atoms with Crippen LogP contribution in [0.5, 0.6) is 0 Å². The van der Waals surface area contributed by atoms with Gasteiger partial charge >= 0.3 is 0 Å². The largest absolute Gasteiger partial charge is 0.655 e. The van der Waals surface area contributed by atoms with Crippen LogP contribution in [0.3, 0.4) is 0 Å². The van der Waals surface area contributed by atoms with Crippen molar-refractivity contribution in [2.75, 3.05) is 7.05 Å². The minimum absolute atomic E-state index is 0. The monoisotopic (exact) mass is 294 g/mol. The van der Waals surface area contributed by atoms with Gasteiger partial charge in [0.15, 0.2) is 0 Å². The maximum absolute atomic E-state index is 10.7. The van der Waals surface area contributed by atoms with Gasteiger partial charge in [-0.15, -0.1) is 7.05 Å². The van der Waals surface area contributed by atoms with Crippen molar-refractivity contribution in [1.82, 2.24) is 0 Å². The molecule has 0 heterocycles. The molecule has 9 heavy (non-hydrogen) atoms. The minimum Gasteiger partial charge on any atom is -0.655 e. The molecule has 0 saturated carbocycles. The molecule has 0 N–H and O–H groups in total. The van der Waals surface area contributed by atoms with Gasteiger partial charge in [-0.1, -0.05) is 20.8 Å². The number of hydrogen-bond acceptors (Lipinski definition) is 1. The molecule has 0 aromatic rings. The van der Waals surface area contributed by atoms with E-state index in [-0.39, 0.29) is 37.2 Å². The van der Waals surface area contributed by atoms with Gasteiger partial charge < -0.3 is 10.1 Å². The standard InChI is InChI=1S/C6H13NO.Hf/c1-6(2,3)5(8)7-4;/h1-4H3,(H,7,8);/p-1. The molecule has 0 spiro atoms. The average molecular weight is 293 g/mol. The van der Waals surface area contributed by atoms with Gasteiger partial charge in [0.1, 0.15) is 0 Å². The van der Waals surface area contributed by atoms with Crippen molar-refractivity contribution in [3.05, 3.63) is 5.32 Å². The molecule has 0 aromatic heterocycles. The van der Waals surface area contributed by atoms with Gasteiger partial charge in [-0.2, -0.15) is 0 Å². The van der Waals surface area contributed by atoms with Crippen LogP contribution in [0.15, 0.2) is 0 Å². The van der Waals surface area contributed by atoms with Gasteiger partial charge in [0.2, 0.25) is 0 Å². The zero-order valence-electron chi connectivity index (χ0n) is 6.36. The van der Waals surface area contributed by atoms with Crippen LogP contribution >= 0.6 is 0 Å². The van der Waals surface area contributed by atoms with Crippen LogP contribution in [0.25, 0.3) is 5.32 Å². The van der Waals surface area contributed by atoms with Gasteiger partial charge in [-0.25, -0.2) is 0 Å². The summed E-state index contributed by atoms with van der Waals surface area (Å²) in [4.78, 5) is 10.7. The molecule has 0 radical (unpaired) electrons. The smallest absolute Gasteiger partial charge is 0.0564 e. The molecule has 2 nitrogen and oxygen atoms in total. The maximum Gasteiger partial charge on any atom is 0.0564 e. The van der Waals surface area contributed by atoms with Crippen LogP contribution in [0.2, 0.25) is 0 Å². The molecule has 1 amide bonds. The van der Waals surface area contributed by atoms with Gasteiger partial charge in [-0.3, -0.25) is 0 Å². The molecule has 0 atom stereocenters. The summed E-state index contributed by atoms with van der Waals surface area (Å²) < 4.78 is 0. The van der Waals surface area contributed by atoms with Crippen molar-refractivity contribution < 1.29 is 30.6 Å². The summed E-state index contributed by atoms with van der Waals surface area (Å²) in [6.45, 7) is 5.55. The number of carbonyl (C=O) groups excluding carboxylic acids is 1. The Morgan fingerprint density at radius 1 is 1.33 bits per heavy atom. The second-order valence-corrected chi connectivity index (χ2v) is 2.78. The van der Waals surface area contributed by atoms with Gasteiger partial charge in [0.05, 0.1) is 5.91 Å². The normalized spacial score (nSPS) is 9.78. The molecule has 0 aromatic carbocycles. The Kier molecular flexibility index (Phi) is 5.63. The quantitative estimate of drug-likeness (QED) is 0.624. The zero-order chi connectivity index (χ0) is 6.78. The summed E-state index contributed by atoms with van der Waals surface area (Å²) in [5.74, 6) is -0.0440. The Labute approximate surface area is 75.2 Å². The van der Waals surface area contributed by atoms with Gasteiger partial charge in [-0.05, 0) is 0 Å². The van der Waals surface area contributed by atoms with Crippen LogP contribution in [-0.2, 0) is 30.6 Å². The molecule has 0 aliphatic heterocycles. The predicted molar refractivity (Wildman–Crippen MR) is 33.7 cm³/mol. The van der Waals surface area contributed by atoms with E-state index in [1.165, 1.54) is 7.05 Å². The fourth-order valence-electron chi connectivity index (χ4n) is 0.335. The first-order valence-corrected chi connectivity index (χ1v) is 2.62. The first kappa shape index (κ1) is 12.1. The van der Waals surface area contributed by atoms with Crippen molar-refractivity contribution in [2.45, 2.75) is 20.8 Å². The van der Waals surface area contributed by atoms with Crippen LogP contribution in [0.4, 0.5) is 0 Å². The molecule has 0 bridgehead atoms. The van der Waals surface area contributed by atoms with E-state index in [0.717, 1.165) is 0 Å². The van der Waals surface area contributed by atoms with Crippen molar-refractivity contribution in [3.8, 4) is 0 Å². The molecular weight excluding hydrogens is 281 g/mol. The average Bonchev–Trinajstić information content (AvgIpc) is 1.62. The molecule has 0 saturated heterocycles.